The largest absolute Gasteiger partial charge is 0.395 e. The Kier molecular flexibility index (Phi) is 5.16. The molecule has 27 heavy (non-hydrogen) atoms. The molecule has 4 N–H and O–H groups in total. The molecule has 0 atom stereocenters. The summed E-state index contributed by atoms with van der Waals surface area (Å²) in [6.07, 6.45) is 4.09. The van der Waals surface area contributed by atoms with Crippen LogP contribution in [0.5, 0.6) is 0 Å². The Morgan fingerprint density at radius 2 is 2.04 bits per heavy atom. The summed E-state index contributed by atoms with van der Waals surface area (Å²) in [7, 11) is 0. The lowest BCUT2D eigenvalue weighted by Gasteiger charge is -2.40. The van der Waals surface area contributed by atoms with Gasteiger partial charge in [-0.3, -0.25) is 9.89 Å². The smallest absolute Gasteiger partial charge is 0.157 e. The van der Waals surface area contributed by atoms with Gasteiger partial charge in [0.25, 0.3) is 0 Å². The van der Waals surface area contributed by atoms with E-state index in [2.05, 4.69) is 16.0 Å². The summed E-state index contributed by atoms with van der Waals surface area (Å²) in [5.74, 6) is 3.61. The molecule has 4 rings (SSSR count). The van der Waals surface area contributed by atoms with Gasteiger partial charge < -0.3 is 16.4 Å². The van der Waals surface area contributed by atoms with Crippen LogP contribution >= 0.6 is 23.4 Å². The van der Waals surface area contributed by atoms with E-state index in [0.29, 0.717) is 28.7 Å². The fourth-order valence-electron chi connectivity index (χ4n) is 3.56. The number of thioether (sulfide) groups is 1. The van der Waals surface area contributed by atoms with E-state index in [0.717, 1.165) is 41.6 Å². The fourth-order valence-corrected chi connectivity index (χ4v) is 4.73. The monoisotopic (exact) mass is 405 g/mol. The van der Waals surface area contributed by atoms with Gasteiger partial charge in [0.1, 0.15) is 11.6 Å². The van der Waals surface area contributed by atoms with Crippen LogP contribution in [0.3, 0.4) is 0 Å². The first-order valence-corrected chi connectivity index (χ1v) is 10.4. The average molecular weight is 406 g/mol. The van der Waals surface area contributed by atoms with Crippen LogP contribution in [0.25, 0.3) is 5.57 Å². The normalized spacial score (nSPS) is 20.2. The van der Waals surface area contributed by atoms with Gasteiger partial charge in [-0.1, -0.05) is 11.6 Å². The lowest BCUT2D eigenvalue weighted by molar-refractivity contribution is 0.313. The van der Waals surface area contributed by atoms with E-state index in [1.165, 1.54) is 12.1 Å². The average Bonchev–Trinajstić information content (AvgIpc) is 2.68. The molecule has 0 radical (unpaired) electrons. The summed E-state index contributed by atoms with van der Waals surface area (Å²) in [6.45, 7) is 2.80. The third-order valence-electron chi connectivity index (χ3n) is 4.90. The minimum absolute atomic E-state index is 0.248. The molecule has 3 aliphatic rings. The zero-order valence-corrected chi connectivity index (χ0v) is 16.4. The van der Waals surface area contributed by atoms with Crippen LogP contribution in [0.4, 0.5) is 4.39 Å². The Hall–Kier alpha value is -1.96. The molecule has 0 aliphatic carbocycles. The van der Waals surface area contributed by atoms with E-state index in [1.54, 1.807) is 6.07 Å². The highest BCUT2D eigenvalue weighted by Crippen LogP contribution is 2.36. The van der Waals surface area contributed by atoms with Crippen molar-refractivity contribution in [3.05, 3.63) is 64.0 Å². The molecule has 1 aromatic rings. The molecule has 0 aromatic heterocycles. The third kappa shape index (κ3) is 3.35. The maximum atomic E-state index is 13.5. The molecular formula is C19H21ClFN5S. The van der Waals surface area contributed by atoms with E-state index in [9.17, 15) is 4.39 Å². The van der Waals surface area contributed by atoms with Gasteiger partial charge in [-0.25, -0.2) is 4.39 Å². The predicted molar refractivity (Wildman–Crippen MR) is 111 cm³/mol. The van der Waals surface area contributed by atoms with Crippen LogP contribution in [-0.4, -0.2) is 53.3 Å². The number of hydrogen-bond donors (Lipinski definition) is 2. The zero-order chi connectivity index (χ0) is 19.0. The first-order chi connectivity index (χ1) is 13.1. The number of hydrogen-bond acceptors (Lipinski definition) is 6. The zero-order valence-electron chi connectivity index (χ0n) is 14.8. The number of nitrogens with zero attached hydrogens (tertiary/aromatic N) is 3. The van der Waals surface area contributed by atoms with Crippen LogP contribution in [-0.2, 0) is 0 Å². The van der Waals surface area contributed by atoms with Crippen molar-refractivity contribution in [2.75, 3.05) is 37.7 Å². The second-order valence-corrected chi connectivity index (χ2v) is 8.09. The number of halogens is 2. The van der Waals surface area contributed by atoms with Crippen LogP contribution in [0.1, 0.15) is 5.56 Å². The molecule has 0 spiro atoms. The molecule has 0 saturated carbocycles. The summed E-state index contributed by atoms with van der Waals surface area (Å²) in [5, 5.41) is 0.331. The number of nitrogens with two attached hydrogens (primary N) is 2. The topological polar surface area (TPSA) is 70.9 Å². The quantitative estimate of drug-likeness (QED) is 0.808. The summed E-state index contributed by atoms with van der Waals surface area (Å²) in [6, 6.07) is 4.37. The van der Waals surface area contributed by atoms with Gasteiger partial charge >= 0.3 is 0 Å². The lowest BCUT2D eigenvalue weighted by Crippen LogP contribution is -2.45. The standard InChI is InChI=1S/C19H21ClFN5S/c20-16-9-12(21)1-2-13(16)15-11-26-17(25-5-7-27-8-6-25)3-4-24-19(26)18(23)14(15)10-22/h1-3,9,11H,4-8,10,22-23H2. The minimum atomic E-state index is -0.377. The molecule has 0 bridgehead atoms. The molecule has 3 aliphatic heterocycles. The van der Waals surface area contributed by atoms with Crippen molar-refractivity contribution in [1.82, 2.24) is 9.80 Å². The van der Waals surface area contributed by atoms with Gasteiger partial charge in [-0.05, 0) is 24.3 Å². The van der Waals surface area contributed by atoms with Crippen LogP contribution in [0.15, 0.2) is 52.6 Å². The van der Waals surface area contributed by atoms with Crippen molar-refractivity contribution < 1.29 is 4.39 Å². The number of rotatable bonds is 3. The molecule has 1 aromatic carbocycles. The van der Waals surface area contributed by atoms with E-state index in [4.69, 9.17) is 23.1 Å². The Labute approximate surface area is 167 Å². The summed E-state index contributed by atoms with van der Waals surface area (Å²) >= 11 is 8.29. The minimum Gasteiger partial charge on any atom is -0.395 e. The van der Waals surface area contributed by atoms with Gasteiger partial charge in [0, 0.05) is 54.0 Å². The number of benzene rings is 1. The highest BCUT2D eigenvalue weighted by Gasteiger charge is 2.31. The van der Waals surface area contributed by atoms with Crippen LogP contribution in [0.2, 0.25) is 5.02 Å². The maximum absolute atomic E-state index is 13.5. The van der Waals surface area contributed by atoms with Crippen molar-refractivity contribution in [2.24, 2.45) is 16.5 Å². The molecule has 1 saturated heterocycles. The number of fused-ring (bicyclic) bond motifs is 1. The lowest BCUT2D eigenvalue weighted by atomic mass is 9.93. The van der Waals surface area contributed by atoms with Crippen molar-refractivity contribution in [3.8, 4) is 0 Å². The maximum Gasteiger partial charge on any atom is 0.157 e. The van der Waals surface area contributed by atoms with Crippen LogP contribution < -0.4 is 11.5 Å². The molecule has 5 nitrogen and oxygen atoms in total. The predicted octanol–water partition coefficient (Wildman–Crippen LogP) is 2.61. The summed E-state index contributed by atoms with van der Waals surface area (Å²) in [5.41, 5.74) is 15.3. The summed E-state index contributed by atoms with van der Waals surface area (Å²) in [4.78, 5) is 8.97. The first kappa shape index (κ1) is 18.4. The Balaban J connectivity index is 1.80. The van der Waals surface area contributed by atoms with Crippen molar-refractivity contribution in [3.63, 3.8) is 0 Å². The Morgan fingerprint density at radius 1 is 1.26 bits per heavy atom. The first-order valence-electron chi connectivity index (χ1n) is 8.83. The van der Waals surface area contributed by atoms with E-state index >= 15 is 0 Å². The fraction of sp³-hybridized carbons (Fsp3) is 0.316. The van der Waals surface area contributed by atoms with Gasteiger partial charge in [0.05, 0.1) is 17.3 Å². The summed E-state index contributed by atoms with van der Waals surface area (Å²) < 4.78 is 13.5. The molecule has 142 valence electrons. The number of aliphatic imine (C=N–C) groups is 1. The Bertz CT molecular complexity index is 886. The SMILES string of the molecule is NCC1=C(N)C2=NCC=C(N3CCSCC3)N2C=C1c1ccc(F)cc1Cl. The molecule has 1 fully saturated rings. The van der Waals surface area contributed by atoms with Crippen molar-refractivity contribution in [1.29, 1.82) is 0 Å². The van der Waals surface area contributed by atoms with E-state index < -0.39 is 0 Å². The molecule has 0 unspecified atom stereocenters. The Morgan fingerprint density at radius 3 is 2.74 bits per heavy atom. The second-order valence-electron chi connectivity index (χ2n) is 6.46. The second kappa shape index (κ2) is 7.58. The van der Waals surface area contributed by atoms with Crippen molar-refractivity contribution in [2.45, 2.75) is 0 Å². The third-order valence-corrected chi connectivity index (χ3v) is 6.15. The van der Waals surface area contributed by atoms with E-state index in [-0.39, 0.29) is 12.4 Å². The highest BCUT2D eigenvalue weighted by molar-refractivity contribution is 7.99. The molecule has 0 amide bonds. The van der Waals surface area contributed by atoms with Gasteiger partial charge in [-0.2, -0.15) is 11.8 Å². The van der Waals surface area contributed by atoms with Crippen LogP contribution in [0, 0.1) is 5.82 Å². The van der Waals surface area contributed by atoms with Gasteiger partial charge in [0.15, 0.2) is 5.84 Å². The molecule has 3 heterocycles. The van der Waals surface area contributed by atoms with Crippen molar-refractivity contribution >= 4 is 34.8 Å². The molecule has 8 heteroatoms. The van der Waals surface area contributed by atoms with Gasteiger partial charge in [0.2, 0.25) is 0 Å². The highest BCUT2D eigenvalue weighted by atomic mass is 35.5. The molecular weight excluding hydrogens is 385 g/mol. The van der Waals surface area contributed by atoms with Gasteiger partial charge in [-0.15, -0.1) is 0 Å². The number of amidine groups is 1. The van der Waals surface area contributed by atoms with E-state index in [1.807, 2.05) is 22.9 Å².